The number of hydrogen-bond donors (Lipinski definition) is 1. The normalized spacial score (nSPS) is 14.7. The van der Waals surface area contributed by atoms with Crippen molar-refractivity contribution >= 4 is 5.91 Å². The molecule has 6 nitrogen and oxygen atoms in total. The van der Waals surface area contributed by atoms with E-state index in [0.717, 1.165) is 36.6 Å². The molecule has 0 atom stereocenters. The van der Waals surface area contributed by atoms with Crippen LogP contribution in [-0.4, -0.2) is 56.8 Å². The smallest absolute Gasteiger partial charge is 0.254 e. The maximum absolute atomic E-state index is 13.0. The lowest BCUT2D eigenvalue weighted by Crippen LogP contribution is -2.33. The fourth-order valence-electron chi connectivity index (χ4n) is 3.74. The van der Waals surface area contributed by atoms with E-state index in [0.29, 0.717) is 18.7 Å². The molecule has 0 aliphatic carbocycles. The van der Waals surface area contributed by atoms with Crippen LogP contribution in [0.2, 0.25) is 0 Å². The zero-order valence-corrected chi connectivity index (χ0v) is 16.6. The van der Waals surface area contributed by atoms with Crippen LogP contribution in [0.3, 0.4) is 0 Å². The van der Waals surface area contributed by atoms with Gasteiger partial charge in [0, 0.05) is 43.5 Å². The topological polar surface area (TPSA) is 61.6 Å². The molecule has 2 heterocycles. The molecule has 1 aromatic heterocycles. The van der Waals surface area contributed by atoms with Gasteiger partial charge in [0.15, 0.2) is 0 Å². The number of rotatable bonds is 7. The van der Waals surface area contributed by atoms with Crippen LogP contribution in [0.1, 0.15) is 45.7 Å². The first-order valence-electron chi connectivity index (χ1n) is 9.70. The highest BCUT2D eigenvalue weighted by atomic mass is 16.3. The second-order valence-electron chi connectivity index (χ2n) is 7.40. The van der Waals surface area contributed by atoms with Gasteiger partial charge in [0.2, 0.25) is 0 Å². The largest absolute Gasteiger partial charge is 0.395 e. The minimum Gasteiger partial charge on any atom is -0.395 e. The SMILES string of the molecule is Cc1nn(C)c(C)c1CN(CCO)C(=O)c1ccc(CN2CCCC2)cc1. The molecule has 0 bridgehead atoms. The Morgan fingerprint density at radius 1 is 1.19 bits per heavy atom. The van der Waals surface area contributed by atoms with Gasteiger partial charge >= 0.3 is 0 Å². The van der Waals surface area contributed by atoms with Crippen LogP contribution >= 0.6 is 0 Å². The molecule has 0 saturated carbocycles. The van der Waals surface area contributed by atoms with E-state index in [4.69, 9.17) is 0 Å². The van der Waals surface area contributed by atoms with Gasteiger partial charge in [0.25, 0.3) is 5.91 Å². The van der Waals surface area contributed by atoms with E-state index in [1.165, 1.54) is 18.4 Å². The summed E-state index contributed by atoms with van der Waals surface area (Å²) < 4.78 is 1.83. The zero-order valence-electron chi connectivity index (χ0n) is 16.6. The Morgan fingerprint density at radius 3 is 2.41 bits per heavy atom. The maximum Gasteiger partial charge on any atom is 0.254 e. The minimum atomic E-state index is -0.0584. The Kier molecular flexibility index (Phi) is 6.29. The second-order valence-corrected chi connectivity index (χ2v) is 7.40. The lowest BCUT2D eigenvalue weighted by molar-refractivity contribution is 0.0707. The Balaban J connectivity index is 1.72. The number of nitrogens with zero attached hydrogens (tertiary/aromatic N) is 4. The molecule has 0 radical (unpaired) electrons. The highest BCUT2D eigenvalue weighted by Crippen LogP contribution is 2.18. The van der Waals surface area contributed by atoms with Gasteiger partial charge in [0.1, 0.15) is 0 Å². The number of aliphatic hydroxyl groups excluding tert-OH is 1. The molecule has 146 valence electrons. The number of likely N-dealkylation sites (tertiary alicyclic amines) is 1. The van der Waals surface area contributed by atoms with Crippen LogP contribution in [-0.2, 0) is 20.1 Å². The molecule has 1 aromatic carbocycles. The van der Waals surface area contributed by atoms with Crippen molar-refractivity contribution in [3.05, 3.63) is 52.3 Å². The summed E-state index contributed by atoms with van der Waals surface area (Å²) in [6.07, 6.45) is 2.56. The summed E-state index contributed by atoms with van der Waals surface area (Å²) >= 11 is 0. The fourth-order valence-corrected chi connectivity index (χ4v) is 3.74. The predicted molar refractivity (Wildman–Crippen MR) is 105 cm³/mol. The van der Waals surface area contributed by atoms with Gasteiger partial charge < -0.3 is 10.0 Å². The standard InChI is InChI=1S/C21H30N4O2/c1-16-20(17(2)23(3)22-16)15-25(12-13-26)21(27)19-8-6-18(7-9-19)14-24-10-4-5-11-24/h6-9,26H,4-5,10-15H2,1-3H3. The quantitative estimate of drug-likeness (QED) is 0.812. The number of aryl methyl sites for hydroxylation is 2. The number of hydrogen-bond acceptors (Lipinski definition) is 4. The van der Waals surface area contributed by atoms with E-state index in [1.54, 1.807) is 4.90 Å². The van der Waals surface area contributed by atoms with Crippen molar-refractivity contribution in [3.8, 4) is 0 Å². The molecular weight excluding hydrogens is 340 g/mol. The highest BCUT2D eigenvalue weighted by Gasteiger charge is 2.20. The number of aromatic nitrogens is 2. The van der Waals surface area contributed by atoms with Crippen LogP contribution in [0.25, 0.3) is 0 Å². The van der Waals surface area contributed by atoms with Gasteiger partial charge in [0.05, 0.1) is 12.3 Å². The first-order chi connectivity index (χ1) is 13.0. The molecule has 1 N–H and O–H groups in total. The molecule has 3 rings (SSSR count). The van der Waals surface area contributed by atoms with E-state index in [1.807, 2.05) is 49.8 Å². The third-order valence-corrected chi connectivity index (χ3v) is 5.47. The Bertz CT molecular complexity index is 776. The maximum atomic E-state index is 13.0. The van der Waals surface area contributed by atoms with E-state index < -0.39 is 0 Å². The molecular formula is C21H30N4O2. The lowest BCUT2D eigenvalue weighted by atomic mass is 10.1. The van der Waals surface area contributed by atoms with Crippen molar-refractivity contribution in [2.75, 3.05) is 26.2 Å². The highest BCUT2D eigenvalue weighted by molar-refractivity contribution is 5.94. The summed E-state index contributed by atoms with van der Waals surface area (Å²) in [7, 11) is 1.91. The summed E-state index contributed by atoms with van der Waals surface area (Å²) in [5.41, 5.74) is 4.91. The summed E-state index contributed by atoms with van der Waals surface area (Å²) in [4.78, 5) is 17.1. The second kappa shape index (κ2) is 8.67. The van der Waals surface area contributed by atoms with Gasteiger partial charge in [-0.3, -0.25) is 14.4 Å². The fraction of sp³-hybridized carbons (Fsp3) is 0.524. The van der Waals surface area contributed by atoms with Crippen molar-refractivity contribution in [1.29, 1.82) is 0 Å². The molecule has 1 fully saturated rings. The Labute approximate surface area is 161 Å². The molecule has 0 unspecified atom stereocenters. The molecule has 1 aliphatic heterocycles. The van der Waals surface area contributed by atoms with Crippen LogP contribution < -0.4 is 0 Å². The van der Waals surface area contributed by atoms with Gasteiger partial charge in [-0.1, -0.05) is 12.1 Å². The first-order valence-corrected chi connectivity index (χ1v) is 9.70. The monoisotopic (exact) mass is 370 g/mol. The minimum absolute atomic E-state index is 0.0561. The summed E-state index contributed by atoms with van der Waals surface area (Å²) in [6, 6.07) is 7.90. The molecule has 2 aromatic rings. The summed E-state index contributed by atoms with van der Waals surface area (Å²) in [6.45, 7) is 7.94. The van der Waals surface area contributed by atoms with Gasteiger partial charge in [-0.25, -0.2) is 0 Å². The van der Waals surface area contributed by atoms with Gasteiger partial charge in [-0.05, 0) is 57.5 Å². The van der Waals surface area contributed by atoms with Crippen LogP contribution in [0.15, 0.2) is 24.3 Å². The van der Waals surface area contributed by atoms with Crippen LogP contribution in [0.5, 0.6) is 0 Å². The third kappa shape index (κ3) is 4.57. The average molecular weight is 370 g/mol. The van der Waals surface area contributed by atoms with Gasteiger partial charge in [-0.2, -0.15) is 5.10 Å². The first kappa shape index (κ1) is 19.6. The van der Waals surface area contributed by atoms with Crippen molar-refractivity contribution in [1.82, 2.24) is 19.6 Å². The lowest BCUT2D eigenvalue weighted by Gasteiger charge is -2.22. The predicted octanol–water partition coefficient (Wildman–Crippen LogP) is 2.27. The molecule has 0 spiro atoms. The number of benzene rings is 1. The van der Waals surface area contributed by atoms with E-state index in [-0.39, 0.29) is 12.5 Å². The van der Waals surface area contributed by atoms with Crippen molar-refractivity contribution in [3.63, 3.8) is 0 Å². The van der Waals surface area contributed by atoms with Crippen molar-refractivity contribution in [2.45, 2.75) is 39.8 Å². The van der Waals surface area contributed by atoms with E-state index >= 15 is 0 Å². The molecule has 1 aliphatic rings. The summed E-state index contributed by atoms with van der Waals surface area (Å²) in [5, 5.41) is 13.9. The summed E-state index contributed by atoms with van der Waals surface area (Å²) in [5.74, 6) is -0.0561. The van der Waals surface area contributed by atoms with Crippen LogP contribution in [0, 0.1) is 13.8 Å². The Hall–Kier alpha value is -2.18. The van der Waals surface area contributed by atoms with E-state index in [2.05, 4.69) is 10.00 Å². The third-order valence-electron chi connectivity index (χ3n) is 5.47. The van der Waals surface area contributed by atoms with Crippen molar-refractivity contribution in [2.24, 2.45) is 7.05 Å². The Morgan fingerprint density at radius 2 is 1.85 bits per heavy atom. The number of carbonyl (C=O) groups is 1. The zero-order chi connectivity index (χ0) is 19.4. The molecule has 6 heteroatoms. The number of amides is 1. The average Bonchev–Trinajstić information content (AvgIpc) is 3.25. The van der Waals surface area contributed by atoms with Crippen molar-refractivity contribution < 1.29 is 9.90 Å². The number of aliphatic hydroxyl groups is 1. The van der Waals surface area contributed by atoms with Crippen LogP contribution in [0.4, 0.5) is 0 Å². The molecule has 27 heavy (non-hydrogen) atoms. The molecule has 1 amide bonds. The molecule has 1 saturated heterocycles. The van der Waals surface area contributed by atoms with E-state index in [9.17, 15) is 9.90 Å². The number of carbonyl (C=O) groups excluding carboxylic acids is 1. The van der Waals surface area contributed by atoms with Gasteiger partial charge in [-0.15, -0.1) is 0 Å².